The molecule has 2 aromatic carbocycles. The van der Waals surface area contributed by atoms with Crippen LogP contribution in [0.2, 0.25) is 0 Å². The number of nitrogens with zero attached hydrogens (tertiary/aromatic N) is 2. The molecule has 1 fully saturated rings. The van der Waals surface area contributed by atoms with Crippen LogP contribution in [0.5, 0.6) is 11.5 Å². The van der Waals surface area contributed by atoms with Gasteiger partial charge in [-0.25, -0.2) is 0 Å². The summed E-state index contributed by atoms with van der Waals surface area (Å²) in [5.41, 5.74) is 3.93. The smallest absolute Gasteiger partial charge is 0.253 e. The van der Waals surface area contributed by atoms with E-state index in [2.05, 4.69) is 35.4 Å². The van der Waals surface area contributed by atoms with Crippen LogP contribution in [0, 0.1) is 6.92 Å². The molecule has 1 aromatic heterocycles. The fourth-order valence-corrected chi connectivity index (χ4v) is 4.05. The minimum Gasteiger partial charge on any atom is -0.493 e. The van der Waals surface area contributed by atoms with E-state index < -0.39 is 0 Å². The normalized spacial score (nSPS) is 14.6. The second kappa shape index (κ2) is 8.61. The van der Waals surface area contributed by atoms with Crippen LogP contribution in [-0.2, 0) is 0 Å². The lowest BCUT2D eigenvalue weighted by Crippen LogP contribution is -2.42. The third-order valence-electron chi connectivity index (χ3n) is 5.75. The number of aromatic nitrogens is 1. The van der Waals surface area contributed by atoms with E-state index in [-0.39, 0.29) is 5.91 Å². The van der Waals surface area contributed by atoms with Crippen molar-refractivity contribution in [2.45, 2.75) is 25.8 Å². The van der Waals surface area contributed by atoms with Gasteiger partial charge in [-0.05, 0) is 49.6 Å². The zero-order valence-corrected chi connectivity index (χ0v) is 17.6. The van der Waals surface area contributed by atoms with Crippen LogP contribution in [0.3, 0.4) is 0 Å². The number of benzene rings is 2. The molecule has 0 saturated carbocycles. The molecule has 1 amide bonds. The second-order valence-electron chi connectivity index (χ2n) is 7.61. The Hall–Kier alpha value is -3.28. The maximum atomic E-state index is 12.9. The Kier molecular flexibility index (Phi) is 5.74. The number of ether oxygens (including phenoxy) is 2. The summed E-state index contributed by atoms with van der Waals surface area (Å²) < 4.78 is 10.6. The van der Waals surface area contributed by atoms with Crippen molar-refractivity contribution in [2.75, 3.05) is 32.6 Å². The lowest BCUT2D eigenvalue weighted by atomic mass is 10.0. The minimum absolute atomic E-state index is 0.0272. The standard InChI is InChI=1S/C24H27N3O3/c1-16-5-4-6-19-20(9-12-25-23(16)19)26-18-10-13-27(14-11-18)24(28)17-7-8-21(29-2)22(15-17)30-3/h4-9,12,15,18H,10-11,13-14H2,1-3H3,(H,25,26). The molecule has 4 rings (SSSR count). The van der Waals surface area contributed by atoms with E-state index in [1.165, 1.54) is 5.56 Å². The number of amides is 1. The summed E-state index contributed by atoms with van der Waals surface area (Å²) in [7, 11) is 3.16. The summed E-state index contributed by atoms with van der Waals surface area (Å²) in [6, 6.07) is 13.9. The van der Waals surface area contributed by atoms with Crippen molar-refractivity contribution in [1.82, 2.24) is 9.88 Å². The maximum absolute atomic E-state index is 12.9. The van der Waals surface area contributed by atoms with Crippen molar-refractivity contribution in [1.29, 1.82) is 0 Å². The first-order valence-electron chi connectivity index (χ1n) is 10.2. The van der Waals surface area contributed by atoms with E-state index in [0.717, 1.165) is 29.4 Å². The molecule has 1 N–H and O–H groups in total. The van der Waals surface area contributed by atoms with Crippen molar-refractivity contribution in [3.05, 3.63) is 59.8 Å². The zero-order chi connectivity index (χ0) is 21.1. The van der Waals surface area contributed by atoms with Gasteiger partial charge < -0.3 is 19.7 Å². The molecule has 0 aliphatic carbocycles. The highest BCUT2D eigenvalue weighted by molar-refractivity contribution is 5.95. The summed E-state index contributed by atoms with van der Waals surface area (Å²) >= 11 is 0. The van der Waals surface area contributed by atoms with Gasteiger partial charge in [0, 0.05) is 42.0 Å². The molecule has 1 aliphatic heterocycles. The van der Waals surface area contributed by atoms with Crippen molar-refractivity contribution in [3.63, 3.8) is 0 Å². The fourth-order valence-electron chi connectivity index (χ4n) is 4.05. The number of anilines is 1. The number of para-hydroxylation sites is 1. The van der Waals surface area contributed by atoms with E-state index in [9.17, 15) is 4.79 Å². The highest BCUT2D eigenvalue weighted by Gasteiger charge is 2.24. The molecule has 0 spiro atoms. The number of methoxy groups -OCH3 is 2. The summed E-state index contributed by atoms with van der Waals surface area (Å²) in [6.07, 6.45) is 3.65. The Morgan fingerprint density at radius 2 is 1.83 bits per heavy atom. The minimum atomic E-state index is 0.0272. The van der Waals surface area contributed by atoms with E-state index in [1.807, 2.05) is 17.2 Å². The van der Waals surface area contributed by atoms with Gasteiger partial charge in [0.25, 0.3) is 5.91 Å². The first-order chi connectivity index (χ1) is 14.6. The number of rotatable bonds is 5. The van der Waals surface area contributed by atoms with Crippen LogP contribution in [0.4, 0.5) is 5.69 Å². The number of piperidine rings is 1. The van der Waals surface area contributed by atoms with Gasteiger partial charge in [-0.15, -0.1) is 0 Å². The number of hydrogen-bond acceptors (Lipinski definition) is 5. The van der Waals surface area contributed by atoms with Gasteiger partial charge >= 0.3 is 0 Å². The van der Waals surface area contributed by atoms with Crippen LogP contribution >= 0.6 is 0 Å². The number of hydrogen-bond donors (Lipinski definition) is 1. The molecular formula is C24H27N3O3. The molecule has 6 heteroatoms. The first kappa shape index (κ1) is 20.0. The highest BCUT2D eigenvalue weighted by Crippen LogP contribution is 2.29. The maximum Gasteiger partial charge on any atom is 0.253 e. The molecule has 1 saturated heterocycles. The predicted molar refractivity (Wildman–Crippen MR) is 119 cm³/mol. The molecule has 1 aliphatic rings. The van der Waals surface area contributed by atoms with Gasteiger partial charge in [-0.1, -0.05) is 18.2 Å². The molecule has 6 nitrogen and oxygen atoms in total. The molecule has 0 radical (unpaired) electrons. The Labute approximate surface area is 176 Å². The zero-order valence-electron chi connectivity index (χ0n) is 17.6. The molecular weight excluding hydrogens is 378 g/mol. The SMILES string of the molecule is COc1ccc(C(=O)N2CCC(Nc3ccnc4c(C)cccc34)CC2)cc1OC. The van der Waals surface area contributed by atoms with Gasteiger partial charge in [0.15, 0.2) is 11.5 Å². The molecule has 2 heterocycles. The van der Waals surface area contributed by atoms with Gasteiger partial charge in [0.1, 0.15) is 0 Å². The van der Waals surface area contributed by atoms with E-state index >= 15 is 0 Å². The number of carbonyl (C=O) groups excluding carboxylic acids is 1. The molecule has 0 unspecified atom stereocenters. The number of likely N-dealkylation sites (tertiary alicyclic amines) is 1. The van der Waals surface area contributed by atoms with Crippen molar-refractivity contribution in [3.8, 4) is 11.5 Å². The van der Waals surface area contributed by atoms with Gasteiger partial charge in [-0.3, -0.25) is 9.78 Å². The van der Waals surface area contributed by atoms with Crippen molar-refractivity contribution >= 4 is 22.5 Å². The Bertz CT molecular complexity index is 1060. The number of nitrogens with one attached hydrogen (secondary N) is 1. The summed E-state index contributed by atoms with van der Waals surface area (Å²) in [5, 5.41) is 4.81. The monoisotopic (exact) mass is 405 g/mol. The third-order valence-corrected chi connectivity index (χ3v) is 5.75. The quantitative estimate of drug-likeness (QED) is 0.687. The Balaban J connectivity index is 1.42. The van der Waals surface area contributed by atoms with Gasteiger partial charge in [0.2, 0.25) is 0 Å². The number of carbonyl (C=O) groups is 1. The summed E-state index contributed by atoms with van der Waals surface area (Å²) in [6.45, 7) is 3.51. The molecule has 30 heavy (non-hydrogen) atoms. The van der Waals surface area contributed by atoms with Crippen molar-refractivity contribution < 1.29 is 14.3 Å². The molecule has 0 bridgehead atoms. The Morgan fingerprint density at radius 1 is 1.07 bits per heavy atom. The second-order valence-corrected chi connectivity index (χ2v) is 7.61. The molecule has 156 valence electrons. The van der Waals surface area contributed by atoms with Crippen LogP contribution in [0.25, 0.3) is 10.9 Å². The third kappa shape index (κ3) is 3.90. The topological polar surface area (TPSA) is 63.7 Å². The predicted octanol–water partition coefficient (Wildman–Crippen LogP) is 4.28. The van der Waals surface area contributed by atoms with Crippen LogP contribution in [-0.4, -0.2) is 49.1 Å². The average molecular weight is 405 g/mol. The van der Waals surface area contributed by atoms with Gasteiger partial charge in [0.05, 0.1) is 19.7 Å². The van der Waals surface area contributed by atoms with E-state index in [1.54, 1.807) is 32.4 Å². The number of fused-ring (bicyclic) bond motifs is 1. The summed E-state index contributed by atoms with van der Waals surface area (Å²) in [5.74, 6) is 1.22. The molecule has 0 atom stereocenters. The van der Waals surface area contributed by atoms with Crippen LogP contribution in [0.15, 0.2) is 48.7 Å². The van der Waals surface area contributed by atoms with Crippen LogP contribution in [0.1, 0.15) is 28.8 Å². The lowest BCUT2D eigenvalue weighted by molar-refractivity contribution is 0.0718. The molecule has 3 aromatic rings. The lowest BCUT2D eigenvalue weighted by Gasteiger charge is -2.33. The number of pyridine rings is 1. The number of aryl methyl sites for hydroxylation is 1. The largest absolute Gasteiger partial charge is 0.493 e. The van der Waals surface area contributed by atoms with E-state index in [0.29, 0.717) is 36.2 Å². The van der Waals surface area contributed by atoms with Crippen molar-refractivity contribution in [2.24, 2.45) is 0 Å². The van der Waals surface area contributed by atoms with E-state index in [4.69, 9.17) is 9.47 Å². The van der Waals surface area contributed by atoms with Gasteiger partial charge in [-0.2, -0.15) is 0 Å². The average Bonchev–Trinajstić information content (AvgIpc) is 2.79. The highest BCUT2D eigenvalue weighted by atomic mass is 16.5. The Morgan fingerprint density at radius 3 is 2.57 bits per heavy atom. The fraction of sp³-hybridized carbons (Fsp3) is 0.333. The first-order valence-corrected chi connectivity index (χ1v) is 10.2. The summed E-state index contributed by atoms with van der Waals surface area (Å²) in [4.78, 5) is 19.4. The van der Waals surface area contributed by atoms with Crippen LogP contribution < -0.4 is 14.8 Å².